The molecule has 17 N–H and O–H groups in total. The first kappa shape index (κ1) is 83.4. The molecule has 1 amide bonds. The number of cyclic esters (lactones) is 1. The predicted molar refractivity (Wildman–Crippen MR) is 408 cm³/mol. The first-order chi connectivity index (χ1) is 50.3. The van der Waals surface area contributed by atoms with E-state index in [9.17, 15) is 24.0 Å². The standard InChI is InChI=1S/C49H109N17.C26H23N3O8/c50-16-19-54-25-37-65(49-14-7-15-49)38-26-57-24-34-62(44-45-66(53)39-27-56-21-20-55-22-23-58-46-8-4-9-46)31-3-1-2-30-61(32-17-51)40-42-64(36-29-60-48-12-6-13-48)43-41-63(33-18-52)35-28-59-47-10-5-11-47;1-2-26(37-22(33)11-27-20(30)7-8-21(31)32)17-10-19-23-15(9-14-5-3-4-6-18(14)28-23)12-29(19)24(34)16(17)13-36-25(26)35/h46-49,54-60H,1-45,50-53H2;3-6,9-10H,2,7-8,11-13H2,1H3,(H,27,30)(H,31,32)/t;26-/m.0/s1. The van der Waals surface area contributed by atoms with Gasteiger partial charge in [0.05, 0.1) is 35.4 Å². The number of hydrazine groups is 1. The van der Waals surface area contributed by atoms with Crippen LogP contribution in [0.25, 0.3) is 22.3 Å². The summed E-state index contributed by atoms with van der Waals surface area (Å²) in [6, 6.07) is 14.2. The molecule has 6 aliphatic rings. The van der Waals surface area contributed by atoms with Crippen LogP contribution in [0.4, 0.5) is 0 Å². The molecule has 0 saturated heterocycles. The number of rotatable bonds is 56. The Morgan fingerprint density at radius 3 is 1.73 bits per heavy atom. The molecule has 4 fully saturated rings. The third kappa shape index (κ3) is 28.1. The lowest BCUT2D eigenvalue weighted by Crippen LogP contribution is -2.48. The molecule has 28 nitrogen and oxygen atoms in total. The van der Waals surface area contributed by atoms with Gasteiger partial charge in [0, 0.05) is 230 Å². The van der Waals surface area contributed by atoms with Gasteiger partial charge in [-0.05, 0) is 102 Å². The van der Waals surface area contributed by atoms with Crippen molar-refractivity contribution in [1.29, 1.82) is 0 Å². The molecule has 1 aromatic carbocycles. The van der Waals surface area contributed by atoms with E-state index >= 15 is 0 Å². The number of unbranched alkanes of at least 4 members (excludes halogenated alkanes) is 2. The van der Waals surface area contributed by atoms with Crippen molar-refractivity contribution in [2.75, 3.05) is 203 Å². The minimum absolute atomic E-state index is 0.0154. The van der Waals surface area contributed by atoms with Gasteiger partial charge in [0.25, 0.3) is 5.56 Å². The summed E-state index contributed by atoms with van der Waals surface area (Å²) >= 11 is 0. The Balaban J connectivity index is 0.000000304. The van der Waals surface area contributed by atoms with Crippen LogP contribution >= 0.6 is 0 Å². The van der Waals surface area contributed by atoms with Gasteiger partial charge in [-0.15, -0.1) is 0 Å². The van der Waals surface area contributed by atoms with Crippen molar-refractivity contribution in [3.8, 4) is 11.4 Å². The maximum absolute atomic E-state index is 13.5. The molecule has 0 radical (unpaired) electrons. The second kappa shape index (κ2) is 46.8. The Labute approximate surface area is 613 Å². The number of amides is 1. The minimum Gasteiger partial charge on any atom is -0.481 e. The van der Waals surface area contributed by atoms with Crippen molar-refractivity contribution in [2.45, 2.75) is 165 Å². The van der Waals surface area contributed by atoms with Crippen LogP contribution < -0.4 is 71.1 Å². The lowest BCUT2D eigenvalue weighted by molar-refractivity contribution is -0.189. The highest BCUT2D eigenvalue weighted by atomic mass is 16.6. The van der Waals surface area contributed by atoms with Gasteiger partial charge in [0.1, 0.15) is 13.2 Å². The summed E-state index contributed by atoms with van der Waals surface area (Å²) in [5.74, 6) is 3.02. The van der Waals surface area contributed by atoms with E-state index in [-0.39, 0.29) is 42.6 Å². The van der Waals surface area contributed by atoms with Gasteiger partial charge in [-0.2, -0.15) is 0 Å². The molecule has 4 heterocycles. The number of aliphatic carboxylic acids is 1. The third-order valence-electron chi connectivity index (χ3n) is 21.7. The molecule has 2 aliphatic heterocycles. The van der Waals surface area contributed by atoms with E-state index in [1.54, 1.807) is 17.6 Å². The van der Waals surface area contributed by atoms with Crippen LogP contribution in [0.15, 0.2) is 41.2 Å². The predicted octanol–water partition coefficient (Wildman–Crippen LogP) is 0.667. The zero-order valence-electron chi connectivity index (χ0n) is 62.5. The van der Waals surface area contributed by atoms with E-state index in [0.717, 1.165) is 224 Å². The SMILES string of the molecule is CC[C@@]1(OC(=O)CNC(=O)CCC(=O)O)C(=O)OCc2c1cc1n(c2=O)Cc2cc3ccccc3nc2-1.NCCNCCN(CCNCCN(CCCCCN(CCN)CCN(CCNC1CCC1)CCN(CCN)CCNC1CCC1)CCN(N)CCNCCNCCNC1CCC1)C1CCC1. The zero-order valence-corrected chi connectivity index (χ0v) is 62.5. The normalized spacial score (nSPS) is 17.5. The molecule has 2 aromatic heterocycles. The molecular formula is C75H132N20O8. The van der Waals surface area contributed by atoms with Crippen LogP contribution in [-0.2, 0) is 47.4 Å². The number of carbonyl (C=O) groups is 4. The molecule has 3 aromatic rings. The molecule has 103 heavy (non-hydrogen) atoms. The van der Waals surface area contributed by atoms with Crippen LogP contribution in [0.3, 0.4) is 0 Å². The second-order valence-electron chi connectivity index (χ2n) is 29.1. The number of carboxylic acid groups (broad SMARTS) is 1. The van der Waals surface area contributed by atoms with Crippen LogP contribution in [-0.4, -0.2) is 295 Å². The number of benzene rings is 1. The summed E-state index contributed by atoms with van der Waals surface area (Å²) < 4.78 is 12.5. The largest absolute Gasteiger partial charge is 0.481 e. The summed E-state index contributed by atoms with van der Waals surface area (Å²) in [6.07, 6.45) is 19.2. The molecule has 0 spiro atoms. The average Bonchev–Trinajstić information content (AvgIpc) is 1.67. The number of carboxylic acids is 1. The summed E-state index contributed by atoms with van der Waals surface area (Å²) in [4.78, 5) is 79.6. The smallest absolute Gasteiger partial charge is 0.355 e. The number of aromatic nitrogens is 2. The lowest BCUT2D eigenvalue weighted by atomic mass is 9.85. The zero-order chi connectivity index (χ0) is 72.9. The maximum atomic E-state index is 13.5. The number of para-hydroxylation sites is 1. The topological polar surface area (TPSA) is 362 Å². The van der Waals surface area contributed by atoms with Gasteiger partial charge in [0.2, 0.25) is 11.5 Å². The Bertz CT molecular complexity index is 3030. The van der Waals surface area contributed by atoms with Crippen molar-refractivity contribution in [3.63, 3.8) is 0 Å². The van der Waals surface area contributed by atoms with Crippen molar-refractivity contribution < 1.29 is 33.8 Å². The van der Waals surface area contributed by atoms with E-state index in [4.69, 9.17) is 42.6 Å². The molecule has 1 atom stereocenters. The van der Waals surface area contributed by atoms with E-state index in [1.807, 2.05) is 35.3 Å². The van der Waals surface area contributed by atoms with Gasteiger partial charge in [0.15, 0.2) is 0 Å². The number of esters is 2. The number of fused-ring (bicyclic) bond motifs is 5. The molecule has 580 valence electrons. The highest BCUT2D eigenvalue weighted by Gasteiger charge is 2.50. The minimum atomic E-state index is -1.88. The summed E-state index contributed by atoms with van der Waals surface area (Å²) in [7, 11) is 0. The van der Waals surface area contributed by atoms with Gasteiger partial charge < -0.3 is 88.7 Å². The average molecular weight is 1440 g/mol. The van der Waals surface area contributed by atoms with E-state index in [2.05, 4.69) is 67.0 Å². The third-order valence-corrected chi connectivity index (χ3v) is 21.7. The number of hydrogen-bond donors (Lipinski definition) is 13. The number of hydrogen-bond acceptors (Lipinski definition) is 25. The molecule has 0 bridgehead atoms. The number of carbonyl (C=O) groups excluding carboxylic acids is 3. The molecule has 9 rings (SSSR count). The number of pyridine rings is 2. The lowest BCUT2D eigenvalue weighted by Gasteiger charge is -2.37. The first-order valence-electron chi connectivity index (χ1n) is 39.6. The van der Waals surface area contributed by atoms with Crippen molar-refractivity contribution in [2.24, 2.45) is 23.0 Å². The number of nitrogens with zero attached hydrogens (tertiary/aromatic N) is 8. The Morgan fingerprint density at radius 1 is 0.602 bits per heavy atom. The molecule has 4 saturated carbocycles. The number of nitrogens with one attached hydrogen (secondary N) is 8. The van der Waals surface area contributed by atoms with Crippen molar-refractivity contribution in [3.05, 3.63) is 63.4 Å². The Morgan fingerprint density at radius 2 is 1.14 bits per heavy atom. The highest BCUT2D eigenvalue weighted by molar-refractivity contribution is 5.90. The maximum Gasteiger partial charge on any atom is 0.355 e. The van der Waals surface area contributed by atoms with E-state index in [1.165, 1.54) is 96.3 Å². The summed E-state index contributed by atoms with van der Waals surface area (Å²) in [5, 5.41) is 39.6. The van der Waals surface area contributed by atoms with Gasteiger partial charge in [-0.25, -0.2) is 14.8 Å². The van der Waals surface area contributed by atoms with Crippen LogP contribution in [0, 0.1) is 0 Å². The molecule has 0 unspecified atom stereocenters. The van der Waals surface area contributed by atoms with Crippen molar-refractivity contribution >= 4 is 34.7 Å². The highest BCUT2D eigenvalue weighted by Crippen LogP contribution is 2.41. The molecule has 4 aliphatic carbocycles. The Hall–Kier alpha value is -5.22. The van der Waals surface area contributed by atoms with Gasteiger partial charge in [-0.1, -0.05) is 57.2 Å². The molecular weight excluding hydrogens is 1310 g/mol. The molecule has 28 heteroatoms. The quantitative estimate of drug-likeness (QED) is 0.0125. The number of ether oxygens (including phenoxy) is 2. The van der Waals surface area contributed by atoms with Crippen LogP contribution in [0.5, 0.6) is 0 Å². The van der Waals surface area contributed by atoms with Gasteiger partial charge in [-0.3, -0.25) is 39.7 Å². The van der Waals surface area contributed by atoms with Gasteiger partial charge >= 0.3 is 17.9 Å². The van der Waals surface area contributed by atoms with Crippen LogP contribution in [0.2, 0.25) is 0 Å². The van der Waals surface area contributed by atoms with Crippen LogP contribution in [0.1, 0.15) is 139 Å². The van der Waals surface area contributed by atoms with E-state index < -0.39 is 36.0 Å². The fourth-order valence-electron chi connectivity index (χ4n) is 14.3. The number of nitrogens with two attached hydrogens (primary N) is 4. The summed E-state index contributed by atoms with van der Waals surface area (Å²) in [6.45, 7) is 31.1. The fraction of sp³-hybridized carbons (Fsp3) is 0.760. The van der Waals surface area contributed by atoms with Crippen molar-refractivity contribution in [1.82, 2.24) is 81.6 Å². The monoisotopic (exact) mass is 1440 g/mol. The summed E-state index contributed by atoms with van der Waals surface area (Å²) in [5.41, 5.74) is 18.9. The van der Waals surface area contributed by atoms with E-state index in [0.29, 0.717) is 31.0 Å². The second-order valence-corrected chi connectivity index (χ2v) is 29.1. The first-order valence-corrected chi connectivity index (χ1v) is 39.6. The fourth-order valence-corrected chi connectivity index (χ4v) is 14.3. The Kier molecular flexibility index (Phi) is 37.9.